The number of hydrogen-bond donors (Lipinski definition) is 1. The molecule has 0 aliphatic heterocycles. The number of benzene rings is 1. The summed E-state index contributed by atoms with van der Waals surface area (Å²) in [5.41, 5.74) is 1.73. The highest BCUT2D eigenvalue weighted by Gasteiger charge is 2.35. The van der Waals surface area contributed by atoms with Crippen LogP contribution in [0.3, 0.4) is 0 Å². The minimum absolute atomic E-state index is 0.373. The zero-order valence-electron chi connectivity index (χ0n) is 12.5. The van der Waals surface area contributed by atoms with Crippen molar-refractivity contribution >= 4 is 0 Å². The van der Waals surface area contributed by atoms with Crippen molar-refractivity contribution in [2.24, 2.45) is 5.41 Å². The van der Waals surface area contributed by atoms with Gasteiger partial charge >= 0.3 is 0 Å². The molecule has 0 aromatic heterocycles. The first-order valence-electron chi connectivity index (χ1n) is 7.59. The Morgan fingerprint density at radius 1 is 1.26 bits per heavy atom. The van der Waals surface area contributed by atoms with Gasteiger partial charge in [0.1, 0.15) is 5.75 Å². The molecule has 0 bridgehead atoms. The number of rotatable bonds is 5. The Morgan fingerprint density at radius 2 is 2.00 bits per heavy atom. The minimum Gasteiger partial charge on any atom is -0.494 e. The predicted octanol–water partition coefficient (Wildman–Crippen LogP) is 4.32. The second kappa shape index (κ2) is 6.42. The van der Waals surface area contributed by atoms with Crippen molar-refractivity contribution < 1.29 is 4.74 Å². The summed E-state index contributed by atoms with van der Waals surface area (Å²) in [6.07, 6.45) is 6.75. The van der Waals surface area contributed by atoms with Crippen LogP contribution in [-0.4, -0.2) is 13.7 Å². The van der Waals surface area contributed by atoms with E-state index in [0.29, 0.717) is 11.5 Å². The van der Waals surface area contributed by atoms with E-state index in [1.165, 1.54) is 37.7 Å². The fourth-order valence-electron chi connectivity index (χ4n) is 3.52. The van der Waals surface area contributed by atoms with Gasteiger partial charge in [-0.05, 0) is 49.9 Å². The fraction of sp³-hybridized carbons (Fsp3) is 0.647. The highest BCUT2D eigenvalue weighted by molar-refractivity contribution is 5.31. The second-order valence-electron chi connectivity index (χ2n) is 5.94. The van der Waals surface area contributed by atoms with E-state index in [1.54, 1.807) is 0 Å². The number of hydrogen-bond acceptors (Lipinski definition) is 2. The Labute approximate surface area is 117 Å². The third-order valence-electron chi connectivity index (χ3n) is 4.48. The van der Waals surface area contributed by atoms with Crippen molar-refractivity contribution in [1.82, 2.24) is 5.32 Å². The summed E-state index contributed by atoms with van der Waals surface area (Å²) in [4.78, 5) is 0. The molecule has 0 saturated heterocycles. The molecule has 0 amide bonds. The van der Waals surface area contributed by atoms with Gasteiger partial charge in [-0.25, -0.2) is 0 Å². The molecule has 1 unspecified atom stereocenters. The zero-order chi connectivity index (χ0) is 13.7. The van der Waals surface area contributed by atoms with E-state index >= 15 is 0 Å². The van der Waals surface area contributed by atoms with Crippen molar-refractivity contribution in [3.05, 3.63) is 29.8 Å². The molecule has 0 radical (unpaired) electrons. The Bertz CT molecular complexity index is 396. The van der Waals surface area contributed by atoms with Gasteiger partial charge in [0.2, 0.25) is 0 Å². The third-order valence-corrected chi connectivity index (χ3v) is 4.48. The molecule has 2 heteroatoms. The van der Waals surface area contributed by atoms with E-state index in [2.05, 4.69) is 37.5 Å². The standard InChI is InChI=1S/C17H27NO/c1-4-19-15-10-8-9-14(13-15)16(18-3)17(2)11-6-5-7-12-17/h8-10,13,16,18H,4-7,11-12H2,1-3H3. The van der Waals surface area contributed by atoms with Crippen molar-refractivity contribution in [1.29, 1.82) is 0 Å². The van der Waals surface area contributed by atoms with Gasteiger partial charge < -0.3 is 10.1 Å². The van der Waals surface area contributed by atoms with Crippen LogP contribution in [0.5, 0.6) is 5.75 Å². The summed E-state index contributed by atoms with van der Waals surface area (Å²) in [7, 11) is 2.08. The van der Waals surface area contributed by atoms with Crippen LogP contribution < -0.4 is 10.1 Å². The lowest BCUT2D eigenvalue weighted by atomic mass is 9.68. The zero-order valence-corrected chi connectivity index (χ0v) is 12.5. The molecule has 1 aromatic carbocycles. The van der Waals surface area contributed by atoms with Crippen molar-refractivity contribution in [3.8, 4) is 5.75 Å². The molecule has 2 rings (SSSR count). The number of nitrogens with one attached hydrogen (secondary N) is 1. The molecule has 106 valence electrons. The molecule has 1 aromatic rings. The van der Waals surface area contributed by atoms with Crippen LogP contribution in [0, 0.1) is 5.41 Å². The lowest BCUT2D eigenvalue weighted by molar-refractivity contribution is 0.150. The summed E-state index contributed by atoms with van der Waals surface area (Å²) in [5, 5.41) is 3.54. The summed E-state index contributed by atoms with van der Waals surface area (Å²) in [5.74, 6) is 0.986. The maximum atomic E-state index is 5.63. The molecule has 1 saturated carbocycles. The van der Waals surface area contributed by atoms with E-state index < -0.39 is 0 Å². The van der Waals surface area contributed by atoms with Gasteiger partial charge in [-0.3, -0.25) is 0 Å². The van der Waals surface area contributed by atoms with Crippen LogP contribution in [-0.2, 0) is 0 Å². The van der Waals surface area contributed by atoms with Crippen LogP contribution in [0.1, 0.15) is 57.6 Å². The van der Waals surface area contributed by atoms with Gasteiger partial charge in [0.05, 0.1) is 6.61 Å². The Morgan fingerprint density at radius 3 is 2.63 bits per heavy atom. The lowest BCUT2D eigenvalue weighted by Gasteiger charge is -2.41. The molecule has 1 N–H and O–H groups in total. The molecule has 1 atom stereocenters. The second-order valence-corrected chi connectivity index (χ2v) is 5.94. The van der Waals surface area contributed by atoms with Crippen molar-refractivity contribution in [3.63, 3.8) is 0 Å². The SMILES string of the molecule is CCOc1cccc(C(NC)C2(C)CCCCC2)c1. The summed E-state index contributed by atoms with van der Waals surface area (Å²) in [6, 6.07) is 9.00. The van der Waals surface area contributed by atoms with Gasteiger partial charge in [-0.1, -0.05) is 38.3 Å². The first kappa shape index (κ1) is 14.4. The Kier molecular flexibility index (Phi) is 4.87. The molecular weight excluding hydrogens is 234 g/mol. The van der Waals surface area contributed by atoms with Crippen LogP contribution in [0.4, 0.5) is 0 Å². The van der Waals surface area contributed by atoms with E-state index in [9.17, 15) is 0 Å². The van der Waals surface area contributed by atoms with Gasteiger partial charge in [-0.2, -0.15) is 0 Å². The summed E-state index contributed by atoms with van der Waals surface area (Å²) in [6.45, 7) is 5.19. The van der Waals surface area contributed by atoms with Gasteiger partial charge in [0.25, 0.3) is 0 Å². The van der Waals surface area contributed by atoms with E-state index in [0.717, 1.165) is 12.4 Å². The third kappa shape index (κ3) is 3.30. The smallest absolute Gasteiger partial charge is 0.119 e. The molecule has 0 heterocycles. The summed E-state index contributed by atoms with van der Waals surface area (Å²) < 4.78 is 5.63. The minimum atomic E-state index is 0.373. The molecule has 1 fully saturated rings. The van der Waals surface area contributed by atoms with Gasteiger partial charge in [-0.15, -0.1) is 0 Å². The topological polar surface area (TPSA) is 21.3 Å². The van der Waals surface area contributed by atoms with Crippen LogP contribution in [0.2, 0.25) is 0 Å². The predicted molar refractivity (Wildman–Crippen MR) is 80.6 cm³/mol. The van der Waals surface area contributed by atoms with E-state index in [1.807, 2.05) is 13.0 Å². The first-order valence-corrected chi connectivity index (χ1v) is 7.59. The van der Waals surface area contributed by atoms with Gasteiger partial charge in [0, 0.05) is 6.04 Å². The first-order chi connectivity index (χ1) is 9.19. The monoisotopic (exact) mass is 261 g/mol. The van der Waals surface area contributed by atoms with Crippen LogP contribution in [0.25, 0.3) is 0 Å². The normalized spacial score (nSPS) is 19.9. The molecule has 1 aliphatic rings. The highest BCUT2D eigenvalue weighted by atomic mass is 16.5. The molecular formula is C17H27NO. The Hall–Kier alpha value is -1.02. The average molecular weight is 261 g/mol. The Balaban J connectivity index is 2.22. The van der Waals surface area contributed by atoms with Gasteiger partial charge in [0.15, 0.2) is 0 Å². The van der Waals surface area contributed by atoms with E-state index in [-0.39, 0.29) is 0 Å². The highest BCUT2D eigenvalue weighted by Crippen LogP contribution is 2.45. The molecule has 19 heavy (non-hydrogen) atoms. The fourth-order valence-corrected chi connectivity index (χ4v) is 3.52. The quantitative estimate of drug-likeness (QED) is 0.852. The average Bonchev–Trinajstić information content (AvgIpc) is 2.41. The molecule has 0 spiro atoms. The lowest BCUT2D eigenvalue weighted by Crippen LogP contribution is -2.36. The summed E-state index contributed by atoms with van der Waals surface area (Å²) >= 11 is 0. The largest absolute Gasteiger partial charge is 0.494 e. The van der Waals surface area contributed by atoms with Crippen LogP contribution in [0.15, 0.2) is 24.3 Å². The van der Waals surface area contributed by atoms with Crippen LogP contribution >= 0.6 is 0 Å². The maximum Gasteiger partial charge on any atom is 0.119 e. The number of ether oxygens (including phenoxy) is 1. The van der Waals surface area contributed by atoms with Crippen molar-refractivity contribution in [2.75, 3.05) is 13.7 Å². The molecule has 2 nitrogen and oxygen atoms in total. The van der Waals surface area contributed by atoms with Crippen molar-refractivity contribution in [2.45, 2.75) is 52.0 Å². The molecule has 1 aliphatic carbocycles. The maximum absolute atomic E-state index is 5.63. The van der Waals surface area contributed by atoms with E-state index in [4.69, 9.17) is 4.74 Å².